The van der Waals surface area contributed by atoms with Crippen molar-refractivity contribution in [3.8, 4) is 5.75 Å². The minimum absolute atomic E-state index is 0. The Kier molecular flexibility index (Phi) is 9.09. The van der Waals surface area contributed by atoms with Crippen LogP contribution in [0, 0.1) is 0 Å². The van der Waals surface area contributed by atoms with Crippen LogP contribution in [0.4, 0.5) is 18.9 Å². The summed E-state index contributed by atoms with van der Waals surface area (Å²) < 4.78 is 41.2. The van der Waals surface area contributed by atoms with E-state index in [2.05, 4.69) is 19.9 Å². The quantitative estimate of drug-likeness (QED) is 0.367. The van der Waals surface area contributed by atoms with E-state index < -0.39 is 6.36 Å². The average Bonchev–Trinajstić information content (AvgIpc) is 2.56. The molecule has 11 heteroatoms. The van der Waals surface area contributed by atoms with Gasteiger partial charge in [-0.3, -0.25) is 14.7 Å². The molecule has 0 spiro atoms. The van der Waals surface area contributed by atoms with Crippen molar-refractivity contribution in [2.75, 3.05) is 44.6 Å². The monoisotopic (exact) mass is 501 g/mol. The zero-order valence-corrected chi connectivity index (χ0v) is 17.2. The summed E-state index contributed by atoms with van der Waals surface area (Å²) in [6.45, 7) is 5.45. The molecule has 0 atom stereocenters. The molecule has 1 saturated heterocycles. The molecule has 1 aliphatic heterocycles. The van der Waals surface area contributed by atoms with Gasteiger partial charge in [0.2, 0.25) is 5.91 Å². The predicted octanol–water partition coefficient (Wildman–Crippen LogP) is 2.09. The Bertz CT molecular complexity index is 649. The topological polar surface area (TPSA) is 83.2 Å². The molecular weight excluding hydrogens is 478 g/mol. The number of benzene rings is 1. The van der Waals surface area contributed by atoms with Gasteiger partial charge in [0.15, 0.2) is 11.7 Å². The number of rotatable bonds is 5. The SMILES string of the molecule is CC(=O)N1CCN(CCN=C(N)Nc2ccccc2OC(F)(F)F)CC1.I. The molecule has 0 bridgehead atoms. The molecule has 0 radical (unpaired) electrons. The minimum Gasteiger partial charge on any atom is -0.404 e. The lowest BCUT2D eigenvalue weighted by Crippen LogP contribution is -2.48. The van der Waals surface area contributed by atoms with Gasteiger partial charge in [0, 0.05) is 39.6 Å². The maximum Gasteiger partial charge on any atom is 0.573 e. The first kappa shape index (κ1) is 23.3. The van der Waals surface area contributed by atoms with Gasteiger partial charge in [0.25, 0.3) is 0 Å². The van der Waals surface area contributed by atoms with Gasteiger partial charge < -0.3 is 20.7 Å². The first-order chi connectivity index (χ1) is 12.2. The fraction of sp³-hybridized carbons (Fsp3) is 0.500. The first-order valence-corrected chi connectivity index (χ1v) is 8.14. The smallest absolute Gasteiger partial charge is 0.404 e. The van der Waals surface area contributed by atoms with E-state index >= 15 is 0 Å². The van der Waals surface area contributed by atoms with E-state index in [1.807, 2.05) is 0 Å². The van der Waals surface area contributed by atoms with E-state index in [-0.39, 0.29) is 47.3 Å². The molecule has 1 fully saturated rings. The van der Waals surface area contributed by atoms with Gasteiger partial charge >= 0.3 is 6.36 Å². The number of hydrogen-bond donors (Lipinski definition) is 2. The first-order valence-electron chi connectivity index (χ1n) is 8.14. The Balaban J connectivity index is 0.00000364. The van der Waals surface area contributed by atoms with Crippen LogP contribution < -0.4 is 15.8 Å². The molecule has 0 saturated carbocycles. The molecule has 3 N–H and O–H groups in total. The van der Waals surface area contributed by atoms with Crippen molar-refractivity contribution in [1.29, 1.82) is 0 Å². The number of aliphatic imine (C=N–C) groups is 1. The molecule has 27 heavy (non-hydrogen) atoms. The number of carbonyl (C=O) groups excluding carboxylic acids is 1. The number of ether oxygens (including phenoxy) is 1. The van der Waals surface area contributed by atoms with Gasteiger partial charge in [-0.2, -0.15) is 0 Å². The average molecular weight is 501 g/mol. The number of nitrogens with one attached hydrogen (secondary N) is 1. The zero-order valence-electron chi connectivity index (χ0n) is 14.8. The molecule has 1 aromatic rings. The summed E-state index contributed by atoms with van der Waals surface area (Å²) in [4.78, 5) is 19.3. The molecule has 1 aliphatic rings. The minimum atomic E-state index is -4.79. The molecule has 152 valence electrons. The van der Waals surface area contributed by atoms with E-state index in [4.69, 9.17) is 5.73 Å². The second kappa shape index (κ2) is 10.5. The van der Waals surface area contributed by atoms with E-state index in [1.54, 1.807) is 17.9 Å². The Hall–Kier alpha value is -1.76. The highest BCUT2D eigenvalue weighted by Crippen LogP contribution is 2.29. The van der Waals surface area contributed by atoms with Gasteiger partial charge in [0.1, 0.15) is 0 Å². The number of amides is 1. The standard InChI is InChI=1S/C16H22F3N5O2.HI/c1-12(25)24-10-8-23(9-11-24)7-6-21-15(20)22-13-4-2-3-5-14(13)26-16(17,18)19;/h2-5H,6-11H2,1H3,(H3,20,21,22);1H. The molecule has 7 nitrogen and oxygen atoms in total. The lowest BCUT2D eigenvalue weighted by Gasteiger charge is -2.33. The fourth-order valence-corrected chi connectivity index (χ4v) is 2.56. The molecule has 0 aromatic heterocycles. The molecular formula is C16H23F3IN5O2. The molecule has 2 rings (SSSR count). The lowest BCUT2D eigenvalue weighted by atomic mass is 10.3. The van der Waals surface area contributed by atoms with Crippen molar-refractivity contribution in [2.45, 2.75) is 13.3 Å². The van der Waals surface area contributed by atoms with Crippen LogP contribution in [0.1, 0.15) is 6.92 Å². The van der Waals surface area contributed by atoms with Crippen molar-refractivity contribution in [1.82, 2.24) is 9.80 Å². The highest BCUT2D eigenvalue weighted by Gasteiger charge is 2.32. The number of carbonyl (C=O) groups is 1. The van der Waals surface area contributed by atoms with Crippen molar-refractivity contribution in [2.24, 2.45) is 10.7 Å². The Labute approximate surface area is 172 Å². The number of guanidine groups is 1. The maximum atomic E-state index is 12.4. The van der Waals surface area contributed by atoms with Crippen LogP contribution in [0.15, 0.2) is 29.3 Å². The van der Waals surface area contributed by atoms with Crippen molar-refractivity contribution in [3.63, 3.8) is 0 Å². The number of nitrogens with zero attached hydrogens (tertiary/aromatic N) is 3. The highest BCUT2D eigenvalue weighted by atomic mass is 127. The van der Waals surface area contributed by atoms with E-state index in [1.165, 1.54) is 18.2 Å². The van der Waals surface area contributed by atoms with Crippen LogP contribution in [0.3, 0.4) is 0 Å². The molecule has 0 aliphatic carbocycles. The summed E-state index contributed by atoms with van der Waals surface area (Å²) in [7, 11) is 0. The lowest BCUT2D eigenvalue weighted by molar-refractivity contribution is -0.274. The van der Waals surface area contributed by atoms with Crippen LogP contribution in [-0.2, 0) is 4.79 Å². The number of hydrogen-bond acceptors (Lipinski definition) is 4. The predicted molar refractivity (Wildman–Crippen MR) is 107 cm³/mol. The van der Waals surface area contributed by atoms with Crippen LogP contribution in [0.5, 0.6) is 5.75 Å². The Morgan fingerprint density at radius 1 is 1.26 bits per heavy atom. The third-order valence-corrected chi connectivity index (χ3v) is 3.89. The van der Waals surface area contributed by atoms with Gasteiger partial charge in [-0.1, -0.05) is 12.1 Å². The van der Waals surface area contributed by atoms with Crippen LogP contribution in [-0.4, -0.2) is 67.3 Å². The van der Waals surface area contributed by atoms with E-state index in [0.29, 0.717) is 26.2 Å². The van der Waals surface area contributed by atoms with Crippen molar-refractivity contribution in [3.05, 3.63) is 24.3 Å². The molecule has 0 unspecified atom stereocenters. The fourth-order valence-electron chi connectivity index (χ4n) is 2.56. The zero-order chi connectivity index (χ0) is 19.2. The molecule has 1 aromatic carbocycles. The Morgan fingerprint density at radius 2 is 1.89 bits per heavy atom. The van der Waals surface area contributed by atoms with E-state index in [9.17, 15) is 18.0 Å². The number of halogens is 4. The van der Waals surface area contributed by atoms with Crippen molar-refractivity contribution >= 4 is 41.5 Å². The van der Waals surface area contributed by atoms with Crippen LogP contribution >= 0.6 is 24.0 Å². The highest BCUT2D eigenvalue weighted by molar-refractivity contribution is 14.0. The van der Waals surface area contributed by atoms with Gasteiger partial charge in [-0.05, 0) is 12.1 Å². The van der Waals surface area contributed by atoms with Crippen molar-refractivity contribution < 1.29 is 22.7 Å². The summed E-state index contributed by atoms with van der Waals surface area (Å²) in [5, 5.41) is 2.62. The van der Waals surface area contributed by atoms with Gasteiger partial charge in [-0.25, -0.2) is 0 Å². The summed E-state index contributed by atoms with van der Waals surface area (Å²) in [6.07, 6.45) is -4.79. The second-order valence-corrected chi connectivity index (χ2v) is 5.78. The molecule has 1 amide bonds. The summed E-state index contributed by atoms with van der Waals surface area (Å²) >= 11 is 0. The number of para-hydroxylation sites is 2. The maximum absolute atomic E-state index is 12.4. The third-order valence-electron chi connectivity index (χ3n) is 3.89. The number of nitrogens with two attached hydrogens (primary N) is 1. The molecule has 1 heterocycles. The van der Waals surface area contributed by atoms with Gasteiger partial charge in [0.05, 0.1) is 12.2 Å². The number of piperazine rings is 1. The summed E-state index contributed by atoms with van der Waals surface area (Å²) in [6, 6.07) is 5.61. The van der Waals surface area contributed by atoms with Crippen LogP contribution in [0.2, 0.25) is 0 Å². The Morgan fingerprint density at radius 3 is 2.48 bits per heavy atom. The van der Waals surface area contributed by atoms with E-state index in [0.717, 1.165) is 13.1 Å². The van der Waals surface area contributed by atoms with Gasteiger partial charge in [-0.15, -0.1) is 37.1 Å². The number of anilines is 1. The van der Waals surface area contributed by atoms with Crippen LogP contribution in [0.25, 0.3) is 0 Å². The number of alkyl halides is 3. The largest absolute Gasteiger partial charge is 0.573 e. The summed E-state index contributed by atoms with van der Waals surface area (Å²) in [5.74, 6) is -0.306. The second-order valence-electron chi connectivity index (χ2n) is 5.78. The normalized spacial score (nSPS) is 15.9. The summed E-state index contributed by atoms with van der Waals surface area (Å²) in [5.41, 5.74) is 5.83. The third kappa shape index (κ3) is 8.20.